The molecule has 6 rings (SSSR count). The SMILES string of the molecule is C=CCO[C@H]1O[C@H](COCc2ccccc2)[C@@H](O[C@@H]2O[C@H](C(=O)OC)[C@@H](O)[C@H](OCc3ccccc3)[C@H]2OCc2ccccc2)[C@H](OCc2ccccc2)[C@H]1NC(C)=O. The van der Waals surface area contributed by atoms with Gasteiger partial charge in [-0.15, -0.1) is 6.58 Å². The third-order valence-corrected chi connectivity index (χ3v) is 9.89. The molecule has 1 amide bonds. The lowest BCUT2D eigenvalue weighted by Crippen LogP contribution is -2.68. The number of nitrogens with one attached hydrogen (secondary N) is 1. The standard InChI is InChI=1S/C46H53NO12/c1-4-25-53-45-37(47-31(2)48)40(54-27-33-19-11-6-12-20-33)39(36(57-45)30-52-26-32-17-9-5-10-18-32)58-46-43(56-29-35-23-15-8-16-24-35)41(38(49)42(59-46)44(50)51-3)55-28-34-21-13-7-14-22-34/h4-24,36-43,45-46,49H,1,25-30H2,2-3H3,(H,47,48)/t36-,37-,38+,39-,40-,41+,42+,43-,45+,46-/m1/s1. The number of aliphatic hydroxyl groups is 1. The quantitative estimate of drug-likeness (QED) is 0.0911. The fraction of sp³-hybridized carbons (Fsp3) is 0.391. The van der Waals surface area contributed by atoms with Crippen LogP contribution in [0.3, 0.4) is 0 Å². The number of ether oxygens (including phenoxy) is 9. The summed E-state index contributed by atoms with van der Waals surface area (Å²) in [6, 6.07) is 37.2. The van der Waals surface area contributed by atoms with Gasteiger partial charge in [0.25, 0.3) is 0 Å². The van der Waals surface area contributed by atoms with Crippen molar-refractivity contribution in [1.29, 1.82) is 0 Å². The van der Waals surface area contributed by atoms with Gasteiger partial charge in [-0.2, -0.15) is 0 Å². The molecular weight excluding hydrogens is 759 g/mol. The Morgan fingerprint density at radius 2 is 1.15 bits per heavy atom. The second-order valence-corrected chi connectivity index (χ2v) is 14.2. The summed E-state index contributed by atoms with van der Waals surface area (Å²) in [5.41, 5.74) is 3.46. The van der Waals surface area contributed by atoms with Crippen LogP contribution in [0.4, 0.5) is 0 Å². The molecule has 0 spiro atoms. The molecule has 0 bridgehead atoms. The molecule has 2 N–H and O–H groups in total. The molecule has 4 aromatic rings. The number of benzene rings is 4. The molecule has 10 atom stereocenters. The first-order valence-corrected chi connectivity index (χ1v) is 19.6. The molecule has 2 saturated heterocycles. The minimum absolute atomic E-state index is 0.00918. The number of amides is 1. The lowest BCUT2D eigenvalue weighted by atomic mass is 9.94. The molecule has 0 aliphatic carbocycles. The van der Waals surface area contributed by atoms with E-state index >= 15 is 0 Å². The highest BCUT2D eigenvalue weighted by atomic mass is 16.8. The summed E-state index contributed by atoms with van der Waals surface area (Å²) >= 11 is 0. The molecule has 0 unspecified atom stereocenters. The number of rotatable bonds is 20. The van der Waals surface area contributed by atoms with Crippen LogP contribution in [0, 0.1) is 0 Å². The Morgan fingerprint density at radius 3 is 1.64 bits per heavy atom. The maximum absolute atomic E-state index is 13.3. The summed E-state index contributed by atoms with van der Waals surface area (Å²) in [4.78, 5) is 26.1. The van der Waals surface area contributed by atoms with Crippen LogP contribution in [0.15, 0.2) is 134 Å². The van der Waals surface area contributed by atoms with Gasteiger partial charge in [-0.25, -0.2) is 4.79 Å². The first-order valence-electron chi connectivity index (χ1n) is 19.6. The van der Waals surface area contributed by atoms with E-state index in [1.807, 2.05) is 121 Å². The van der Waals surface area contributed by atoms with Gasteiger partial charge in [0.1, 0.15) is 42.7 Å². The van der Waals surface area contributed by atoms with E-state index in [4.69, 9.17) is 42.6 Å². The molecule has 2 fully saturated rings. The largest absolute Gasteiger partial charge is 0.467 e. The number of methoxy groups -OCH3 is 1. The first-order chi connectivity index (χ1) is 28.8. The number of carbonyl (C=O) groups is 2. The van der Waals surface area contributed by atoms with Gasteiger partial charge in [0.05, 0.1) is 46.8 Å². The molecule has 13 nitrogen and oxygen atoms in total. The fourth-order valence-corrected chi connectivity index (χ4v) is 7.03. The Bertz CT molecular complexity index is 1850. The smallest absolute Gasteiger partial charge is 0.337 e. The molecule has 0 aromatic heterocycles. The lowest BCUT2D eigenvalue weighted by molar-refractivity contribution is -0.356. The lowest BCUT2D eigenvalue weighted by Gasteiger charge is -2.49. The molecular formula is C46H53NO12. The van der Waals surface area contributed by atoms with Crippen molar-refractivity contribution in [1.82, 2.24) is 5.32 Å². The van der Waals surface area contributed by atoms with E-state index < -0.39 is 67.3 Å². The van der Waals surface area contributed by atoms with Crippen molar-refractivity contribution in [2.24, 2.45) is 0 Å². The van der Waals surface area contributed by atoms with E-state index in [0.29, 0.717) is 0 Å². The summed E-state index contributed by atoms with van der Waals surface area (Å²) in [5, 5.41) is 14.7. The normalized spacial score (nSPS) is 26.8. The zero-order valence-corrected chi connectivity index (χ0v) is 33.3. The summed E-state index contributed by atoms with van der Waals surface area (Å²) < 4.78 is 57.1. The minimum atomic E-state index is -1.53. The van der Waals surface area contributed by atoms with Crippen molar-refractivity contribution >= 4 is 11.9 Å². The van der Waals surface area contributed by atoms with Crippen LogP contribution in [0.25, 0.3) is 0 Å². The predicted molar refractivity (Wildman–Crippen MR) is 215 cm³/mol. The van der Waals surface area contributed by atoms with Crippen LogP contribution in [0.2, 0.25) is 0 Å². The molecule has 0 saturated carbocycles. The van der Waals surface area contributed by atoms with Crippen molar-refractivity contribution in [2.45, 2.75) is 94.7 Å². The maximum atomic E-state index is 13.3. The Kier molecular flexibility index (Phi) is 16.7. The fourth-order valence-electron chi connectivity index (χ4n) is 7.03. The van der Waals surface area contributed by atoms with Crippen molar-refractivity contribution in [3.8, 4) is 0 Å². The van der Waals surface area contributed by atoms with Crippen LogP contribution in [-0.4, -0.2) is 98.7 Å². The van der Waals surface area contributed by atoms with E-state index in [0.717, 1.165) is 22.3 Å². The number of esters is 1. The summed E-state index contributed by atoms with van der Waals surface area (Å²) in [6.45, 7) is 5.82. The van der Waals surface area contributed by atoms with Crippen LogP contribution in [0.1, 0.15) is 29.2 Å². The summed E-state index contributed by atoms with van der Waals surface area (Å²) in [5.74, 6) is -1.20. The van der Waals surface area contributed by atoms with Gasteiger partial charge in [-0.05, 0) is 22.3 Å². The van der Waals surface area contributed by atoms with Gasteiger partial charge in [-0.1, -0.05) is 127 Å². The van der Waals surface area contributed by atoms with Crippen molar-refractivity contribution < 1.29 is 57.3 Å². The molecule has 4 aromatic carbocycles. The second-order valence-electron chi connectivity index (χ2n) is 14.2. The van der Waals surface area contributed by atoms with Gasteiger partial charge >= 0.3 is 5.97 Å². The monoisotopic (exact) mass is 811 g/mol. The molecule has 2 heterocycles. The highest BCUT2D eigenvalue weighted by Gasteiger charge is 2.55. The number of aliphatic hydroxyl groups excluding tert-OH is 1. The third-order valence-electron chi connectivity index (χ3n) is 9.89. The Morgan fingerprint density at radius 1 is 0.661 bits per heavy atom. The summed E-state index contributed by atoms with van der Waals surface area (Å²) in [6.07, 6.45) is -9.08. The highest BCUT2D eigenvalue weighted by Crippen LogP contribution is 2.35. The number of hydrogen-bond donors (Lipinski definition) is 2. The van der Waals surface area contributed by atoms with Gasteiger partial charge in [0.2, 0.25) is 5.91 Å². The van der Waals surface area contributed by atoms with Gasteiger partial charge in [0, 0.05) is 6.92 Å². The van der Waals surface area contributed by atoms with Crippen molar-refractivity contribution in [3.05, 3.63) is 156 Å². The Balaban J connectivity index is 1.39. The molecule has 2 aliphatic rings. The van der Waals surface area contributed by atoms with Crippen molar-refractivity contribution in [3.63, 3.8) is 0 Å². The van der Waals surface area contributed by atoms with E-state index in [9.17, 15) is 14.7 Å². The molecule has 2 aliphatic heterocycles. The molecule has 314 valence electrons. The Hall–Kier alpha value is -4.80. The van der Waals surface area contributed by atoms with Gasteiger partial charge in [0.15, 0.2) is 18.7 Å². The Labute approximate surface area is 345 Å². The third kappa shape index (κ3) is 12.4. The van der Waals surface area contributed by atoms with E-state index in [2.05, 4.69) is 11.9 Å². The van der Waals surface area contributed by atoms with Gasteiger partial charge < -0.3 is 53.1 Å². The second kappa shape index (κ2) is 22.5. The highest BCUT2D eigenvalue weighted by molar-refractivity contribution is 5.75. The maximum Gasteiger partial charge on any atom is 0.337 e. The van der Waals surface area contributed by atoms with E-state index in [1.54, 1.807) is 6.08 Å². The van der Waals surface area contributed by atoms with Crippen LogP contribution in [-0.2, 0) is 78.6 Å². The average molecular weight is 812 g/mol. The average Bonchev–Trinajstić information content (AvgIpc) is 3.26. The summed E-state index contributed by atoms with van der Waals surface area (Å²) in [7, 11) is 1.20. The van der Waals surface area contributed by atoms with Crippen molar-refractivity contribution in [2.75, 3.05) is 20.3 Å². The zero-order valence-electron chi connectivity index (χ0n) is 33.3. The molecule has 59 heavy (non-hydrogen) atoms. The first kappa shape index (κ1) is 43.8. The predicted octanol–water partition coefficient (Wildman–Crippen LogP) is 5.04. The number of hydrogen-bond acceptors (Lipinski definition) is 12. The van der Waals surface area contributed by atoms with Crippen LogP contribution >= 0.6 is 0 Å². The zero-order chi connectivity index (χ0) is 41.4. The number of carbonyl (C=O) groups excluding carboxylic acids is 2. The topological polar surface area (TPSA) is 149 Å². The minimum Gasteiger partial charge on any atom is -0.467 e. The van der Waals surface area contributed by atoms with Gasteiger partial charge in [-0.3, -0.25) is 4.79 Å². The molecule has 0 radical (unpaired) electrons. The van der Waals surface area contributed by atoms with E-state index in [1.165, 1.54) is 14.0 Å². The van der Waals surface area contributed by atoms with Crippen LogP contribution < -0.4 is 5.32 Å². The van der Waals surface area contributed by atoms with Crippen LogP contribution in [0.5, 0.6) is 0 Å². The molecule has 13 heteroatoms. The van der Waals surface area contributed by atoms with E-state index in [-0.39, 0.29) is 45.5 Å².